The minimum Gasteiger partial charge on any atom is -0.454 e. The molecule has 25 heavy (non-hydrogen) atoms. The number of hydrogen-bond acceptors (Lipinski definition) is 5. The Bertz CT molecular complexity index is 742. The molecule has 0 bridgehead atoms. The van der Waals surface area contributed by atoms with Gasteiger partial charge in [-0.1, -0.05) is 0 Å². The summed E-state index contributed by atoms with van der Waals surface area (Å²) < 4.78 is 37.1. The molecule has 2 amide bonds. The van der Waals surface area contributed by atoms with Gasteiger partial charge < -0.3 is 19.7 Å². The van der Waals surface area contributed by atoms with Crippen molar-refractivity contribution in [3.8, 4) is 11.5 Å². The number of likely N-dealkylation sites (tertiary alicyclic amines) is 1. The van der Waals surface area contributed by atoms with Crippen molar-refractivity contribution < 1.29 is 22.7 Å². The fourth-order valence-corrected chi connectivity index (χ4v) is 3.72. The molecule has 8 nitrogen and oxygen atoms in total. The van der Waals surface area contributed by atoms with Gasteiger partial charge in [-0.05, 0) is 38.8 Å². The number of sulfonamides is 1. The van der Waals surface area contributed by atoms with Crippen LogP contribution in [-0.2, 0) is 10.0 Å². The Morgan fingerprint density at radius 3 is 2.56 bits per heavy atom. The number of fused-ring (bicyclic) bond motifs is 1. The minimum absolute atomic E-state index is 0.123. The summed E-state index contributed by atoms with van der Waals surface area (Å²) in [4.78, 5) is 14.1. The predicted octanol–water partition coefficient (Wildman–Crippen LogP) is 1.74. The van der Waals surface area contributed by atoms with Gasteiger partial charge >= 0.3 is 6.03 Å². The van der Waals surface area contributed by atoms with Crippen LogP contribution in [0.15, 0.2) is 18.2 Å². The van der Waals surface area contributed by atoms with Crippen molar-refractivity contribution in [1.82, 2.24) is 9.62 Å². The summed E-state index contributed by atoms with van der Waals surface area (Å²) in [5.74, 6) is 1.27. The van der Waals surface area contributed by atoms with Crippen LogP contribution in [0.4, 0.5) is 10.5 Å². The van der Waals surface area contributed by atoms with E-state index in [1.165, 1.54) is 0 Å². The van der Waals surface area contributed by atoms with E-state index < -0.39 is 15.3 Å². The topological polar surface area (TPSA) is 97.0 Å². The zero-order chi connectivity index (χ0) is 18.0. The van der Waals surface area contributed by atoms with Gasteiger partial charge in [0, 0.05) is 30.9 Å². The number of benzene rings is 1. The van der Waals surface area contributed by atoms with Gasteiger partial charge in [-0.25, -0.2) is 17.9 Å². The van der Waals surface area contributed by atoms with Gasteiger partial charge in [-0.2, -0.15) is 0 Å². The Morgan fingerprint density at radius 1 is 1.20 bits per heavy atom. The lowest BCUT2D eigenvalue weighted by atomic mass is 10.1. The molecule has 2 N–H and O–H groups in total. The van der Waals surface area contributed by atoms with E-state index in [1.54, 1.807) is 36.9 Å². The van der Waals surface area contributed by atoms with Crippen molar-refractivity contribution in [3.05, 3.63) is 18.2 Å². The Kier molecular flexibility index (Phi) is 5.05. The third kappa shape index (κ3) is 4.16. The summed E-state index contributed by atoms with van der Waals surface area (Å²) in [6.07, 6.45) is 1.20. The normalized spacial score (nSPS) is 17.8. The molecule has 2 aliphatic rings. The molecule has 0 radical (unpaired) electrons. The molecule has 3 rings (SSSR count). The van der Waals surface area contributed by atoms with E-state index in [4.69, 9.17) is 9.47 Å². The van der Waals surface area contributed by atoms with Gasteiger partial charge in [0.05, 0.1) is 5.25 Å². The maximum absolute atomic E-state index is 12.4. The maximum Gasteiger partial charge on any atom is 0.321 e. The zero-order valence-electron chi connectivity index (χ0n) is 14.3. The van der Waals surface area contributed by atoms with E-state index in [-0.39, 0.29) is 18.9 Å². The van der Waals surface area contributed by atoms with Crippen LogP contribution in [0.3, 0.4) is 0 Å². The van der Waals surface area contributed by atoms with E-state index in [0.717, 1.165) is 0 Å². The van der Waals surface area contributed by atoms with Crippen molar-refractivity contribution in [2.75, 3.05) is 25.2 Å². The second kappa shape index (κ2) is 7.09. The van der Waals surface area contributed by atoms with Crippen LogP contribution >= 0.6 is 0 Å². The van der Waals surface area contributed by atoms with Crippen LogP contribution in [0.25, 0.3) is 0 Å². The zero-order valence-corrected chi connectivity index (χ0v) is 15.1. The first kappa shape index (κ1) is 17.8. The molecule has 2 aliphatic heterocycles. The number of ether oxygens (including phenoxy) is 2. The standard InChI is InChI=1S/C16H23N3O5S/c1-11(2)25(21,22)18-12-5-7-19(8-6-12)16(20)17-13-3-4-14-15(9-13)24-10-23-14/h3-4,9,11-12,18H,5-8,10H2,1-2H3,(H,17,20). The number of rotatable bonds is 4. The molecule has 9 heteroatoms. The molecule has 1 saturated heterocycles. The van der Waals surface area contributed by atoms with Gasteiger partial charge in [0.2, 0.25) is 16.8 Å². The summed E-state index contributed by atoms with van der Waals surface area (Å²) in [5, 5.41) is 2.38. The van der Waals surface area contributed by atoms with E-state index in [0.29, 0.717) is 43.1 Å². The van der Waals surface area contributed by atoms with Crippen LogP contribution in [0, 0.1) is 0 Å². The van der Waals surface area contributed by atoms with Crippen LogP contribution in [-0.4, -0.2) is 50.5 Å². The van der Waals surface area contributed by atoms with Crippen molar-refractivity contribution >= 4 is 21.7 Å². The van der Waals surface area contributed by atoms with Crippen molar-refractivity contribution in [2.24, 2.45) is 0 Å². The summed E-state index contributed by atoms with van der Waals surface area (Å²) in [7, 11) is -3.28. The van der Waals surface area contributed by atoms with Gasteiger partial charge in [0.1, 0.15) is 0 Å². The second-order valence-corrected chi connectivity index (χ2v) is 8.74. The fraction of sp³-hybridized carbons (Fsp3) is 0.562. The largest absolute Gasteiger partial charge is 0.454 e. The van der Waals surface area contributed by atoms with Gasteiger partial charge in [-0.15, -0.1) is 0 Å². The molecular weight excluding hydrogens is 346 g/mol. The highest BCUT2D eigenvalue weighted by atomic mass is 32.2. The number of nitrogens with zero attached hydrogens (tertiary/aromatic N) is 1. The molecule has 138 valence electrons. The van der Waals surface area contributed by atoms with Crippen molar-refractivity contribution in [2.45, 2.75) is 38.0 Å². The van der Waals surface area contributed by atoms with E-state index >= 15 is 0 Å². The molecule has 0 aromatic heterocycles. The van der Waals surface area contributed by atoms with Crippen LogP contribution in [0.2, 0.25) is 0 Å². The van der Waals surface area contributed by atoms with Gasteiger partial charge in [0.25, 0.3) is 0 Å². The summed E-state index contributed by atoms with van der Waals surface area (Å²) in [6, 6.07) is 4.91. The number of carbonyl (C=O) groups is 1. The number of piperidine rings is 1. The highest BCUT2D eigenvalue weighted by Crippen LogP contribution is 2.34. The monoisotopic (exact) mass is 369 g/mol. The molecule has 0 unspecified atom stereocenters. The molecule has 0 spiro atoms. The third-order valence-electron chi connectivity index (χ3n) is 4.36. The molecule has 2 heterocycles. The fourth-order valence-electron chi connectivity index (χ4n) is 2.75. The average Bonchev–Trinajstić information content (AvgIpc) is 3.02. The average molecular weight is 369 g/mol. The lowest BCUT2D eigenvalue weighted by Crippen LogP contribution is -2.48. The highest BCUT2D eigenvalue weighted by Gasteiger charge is 2.27. The Hall–Kier alpha value is -2.00. The molecule has 1 aromatic carbocycles. The molecule has 1 fully saturated rings. The molecule has 0 saturated carbocycles. The Labute approximate surface area is 147 Å². The Balaban J connectivity index is 1.52. The van der Waals surface area contributed by atoms with Crippen molar-refractivity contribution in [3.63, 3.8) is 0 Å². The minimum atomic E-state index is -3.28. The van der Waals surface area contributed by atoms with Gasteiger partial charge in [-0.3, -0.25) is 0 Å². The van der Waals surface area contributed by atoms with Gasteiger partial charge in [0.15, 0.2) is 11.5 Å². The lowest BCUT2D eigenvalue weighted by Gasteiger charge is -2.32. The van der Waals surface area contributed by atoms with E-state index in [2.05, 4.69) is 10.0 Å². The molecular formula is C16H23N3O5S. The summed E-state index contributed by atoms with van der Waals surface area (Å²) in [6.45, 7) is 4.49. The van der Waals surface area contributed by atoms with Crippen LogP contribution < -0.4 is 19.5 Å². The van der Waals surface area contributed by atoms with E-state index in [9.17, 15) is 13.2 Å². The summed E-state index contributed by atoms with van der Waals surface area (Å²) >= 11 is 0. The van der Waals surface area contributed by atoms with E-state index in [1.807, 2.05) is 0 Å². The van der Waals surface area contributed by atoms with Crippen LogP contribution in [0.1, 0.15) is 26.7 Å². The Morgan fingerprint density at radius 2 is 1.88 bits per heavy atom. The van der Waals surface area contributed by atoms with Crippen LogP contribution in [0.5, 0.6) is 11.5 Å². The number of urea groups is 1. The highest BCUT2D eigenvalue weighted by molar-refractivity contribution is 7.90. The van der Waals surface area contributed by atoms with Crippen molar-refractivity contribution in [1.29, 1.82) is 0 Å². The first-order valence-electron chi connectivity index (χ1n) is 8.32. The molecule has 1 aromatic rings. The maximum atomic E-state index is 12.4. The number of amides is 2. The smallest absolute Gasteiger partial charge is 0.321 e. The first-order valence-corrected chi connectivity index (χ1v) is 9.86. The first-order chi connectivity index (χ1) is 11.8. The quantitative estimate of drug-likeness (QED) is 0.843. The third-order valence-corrected chi connectivity index (χ3v) is 6.26. The number of carbonyl (C=O) groups excluding carboxylic acids is 1. The predicted molar refractivity (Wildman–Crippen MR) is 93.4 cm³/mol. The SMILES string of the molecule is CC(C)S(=O)(=O)NC1CCN(C(=O)Nc2ccc3c(c2)OCO3)CC1. The second-order valence-electron chi connectivity index (χ2n) is 6.47. The number of nitrogens with one attached hydrogen (secondary N) is 2. The molecule has 0 atom stereocenters. The summed E-state index contributed by atoms with van der Waals surface area (Å²) in [5.41, 5.74) is 0.636. The number of hydrogen-bond donors (Lipinski definition) is 2. The lowest BCUT2D eigenvalue weighted by molar-refractivity contribution is 0.174. The molecule has 0 aliphatic carbocycles. The number of anilines is 1.